The molecule has 3 heteroatoms. The lowest BCUT2D eigenvalue weighted by Crippen LogP contribution is -2.52. The highest BCUT2D eigenvalue weighted by molar-refractivity contribution is 6.05. The number of likely N-dealkylation sites (tertiary alicyclic amines) is 1. The van der Waals surface area contributed by atoms with Crippen molar-refractivity contribution in [1.82, 2.24) is 4.90 Å². The van der Waals surface area contributed by atoms with E-state index in [4.69, 9.17) is 0 Å². The van der Waals surface area contributed by atoms with E-state index >= 15 is 0 Å². The van der Waals surface area contributed by atoms with Gasteiger partial charge in [-0.05, 0) is 26.2 Å². The van der Waals surface area contributed by atoms with E-state index in [1.165, 1.54) is 6.42 Å². The molecule has 0 spiro atoms. The van der Waals surface area contributed by atoms with E-state index in [2.05, 4.69) is 6.92 Å². The van der Waals surface area contributed by atoms with Crippen molar-refractivity contribution in [2.45, 2.75) is 38.1 Å². The maximum Gasteiger partial charge on any atom is 0.230 e. The van der Waals surface area contributed by atoms with Crippen molar-refractivity contribution in [3.8, 4) is 0 Å². The maximum absolute atomic E-state index is 11.3. The molecule has 12 heavy (non-hydrogen) atoms. The SMILES string of the molecule is CC1(N2CC(=O)CC2=O)CCC1. The number of Topliss-reactive ketones (excluding diaryl/α,β-unsaturated/α-hetero) is 1. The zero-order valence-corrected chi connectivity index (χ0v) is 7.30. The Morgan fingerprint density at radius 1 is 1.33 bits per heavy atom. The average Bonchev–Trinajstić information content (AvgIpc) is 2.25. The van der Waals surface area contributed by atoms with Gasteiger partial charge in [0.05, 0.1) is 13.0 Å². The van der Waals surface area contributed by atoms with Gasteiger partial charge in [-0.3, -0.25) is 9.59 Å². The first-order valence-electron chi connectivity index (χ1n) is 4.44. The van der Waals surface area contributed by atoms with E-state index in [9.17, 15) is 9.59 Å². The van der Waals surface area contributed by atoms with E-state index in [0.717, 1.165) is 12.8 Å². The molecule has 1 aliphatic carbocycles. The quantitative estimate of drug-likeness (QED) is 0.540. The summed E-state index contributed by atoms with van der Waals surface area (Å²) in [5, 5.41) is 0. The largest absolute Gasteiger partial charge is 0.330 e. The van der Waals surface area contributed by atoms with Crippen molar-refractivity contribution >= 4 is 11.7 Å². The molecule has 1 heterocycles. The Hall–Kier alpha value is -0.860. The summed E-state index contributed by atoms with van der Waals surface area (Å²) in [5.74, 6) is 0.107. The van der Waals surface area contributed by atoms with Gasteiger partial charge in [0, 0.05) is 5.54 Å². The summed E-state index contributed by atoms with van der Waals surface area (Å²) in [6, 6.07) is 0. The Kier molecular flexibility index (Phi) is 1.50. The standard InChI is InChI=1S/C9H13NO2/c1-9(3-2-4-9)10-6-7(11)5-8(10)12/h2-6H2,1H3. The molecule has 0 aromatic heterocycles. The molecule has 0 unspecified atom stereocenters. The molecule has 0 atom stereocenters. The van der Waals surface area contributed by atoms with Crippen molar-refractivity contribution in [2.75, 3.05) is 6.54 Å². The van der Waals surface area contributed by atoms with Crippen LogP contribution >= 0.6 is 0 Å². The molecule has 66 valence electrons. The van der Waals surface area contributed by atoms with Crippen LogP contribution in [0.2, 0.25) is 0 Å². The minimum absolute atomic E-state index is 0.0171. The van der Waals surface area contributed by atoms with Gasteiger partial charge < -0.3 is 4.90 Å². The fraction of sp³-hybridized carbons (Fsp3) is 0.778. The first-order chi connectivity index (χ1) is 5.62. The van der Waals surface area contributed by atoms with E-state index in [0.29, 0.717) is 6.54 Å². The van der Waals surface area contributed by atoms with E-state index in [1.54, 1.807) is 4.90 Å². The number of rotatable bonds is 1. The normalized spacial score (nSPS) is 27.6. The van der Waals surface area contributed by atoms with Crippen molar-refractivity contribution in [3.63, 3.8) is 0 Å². The van der Waals surface area contributed by atoms with Crippen LogP contribution in [0.3, 0.4) is 0 Å². The van der Waals surface area contributed by atoms with Crippen LogP contribution in [0.1, 0.15) is 32.6 Å². The molecule has 1 saturated heterocycles. The lowest BCUT2D eigenvalue weighted by Gasteiger charge is -2.45. The summed E-state index contributed by atoms with van der Waals surface area (Å²) < 4.78 is 0. The molecule has 0 N–H and O–H groups in total. The Morgan fingerprint density at radius 2 is 2.00 bits per heavy atom. The third-order valence-electron chi connectivity index (χ3n) is 3.07. The summed E-state index contributed by atoms with van der Waals surface area (Å²) in [5.41, 5.74) is 0.0171. The van der Waals surface area contributed by atoms with Gasteiger partial charge in [-0.15, -0.1) is 0 Å². The Bertz CT molecular complexity index is 243. The van der Waals surface area contributed by atoms with Gasteiger partial charge in [0.2, 0.25) is 5.91 Å². The molecule has 0 aromatic rings. The minimum atomic E-state index is 0.0171. The Morgan fingerprint density at radius 3 is 2.33 bits per heavy atom. The monoisotopic (exact) mass is 167 g/mol. The number of ketones is 1. The van der Waals surface area contributed by atoms with Crippen LogP contribution in [0.25, 0.3) is 0 Å². The van der Waals surface area contributed by atoms with Gasteiger partial charge in [-0.2, -0.15) is 0 Å². The number of amides is 1. The molecule has 0 radical (unpaired) electrons. The zero-order valence-electron chi connectivity index (χ0n) is 7.30. The molecular formula is C9H13NO2. The highest BCUT2D eigenvalue weighted by atomic mass is 16.2. The summed E-state index contributed by atoms with van der Waals surface area (Å²) in [6.07, 6.45) is 3.45. The average molecular weight is 167 g/mol. The molecule has 0 bridgehead atoms. The van der Waals surface area contributed by atoms with Crippen LogP contribution in [-0.4, -0.2) is 28.7 Å². The van der Waals surface area contributed by atoms with Crippen LogP contribution in [-0.2, 0) is 9.59 Å². The Balaban J connectivity index is 2.13. The molecule has 3 nitrogen and oxygen atoms in total. The molecule has 2 rings (SSSR count). The third-order valence-corrected chi connectivity index (χ3v) is 3.07. The minimum Gasteiger partial charge on any atom is -0.330 e. The highest BCUT2D eigenvalue weighted by Crippen LogP contribution is 2.38. The van der Waals surface area contributed by atoms with E-state index < -0.39 is 0 Å². The summed E-state index contributed by atoms with van der Waals surface area (Å²) in [7, 11) is 0. The molecule has 2 aliphatic rings. The van der Waals surface area contributed by atoms with Gasteiger partial charge in [0.1, 0.15) is 0 Å². The summed E-state index contributed by atoms with van der Waals surface area (Å²) in [4.78, 5) is 24.1. The maximum atomic E-state index is 11.3. The van der Waals surface area contributed by atoms with Gasteiger partial charge >= 0.3 is 0 Å². The molecular weight excluding hydrogens is 154 g/mol. The smallest absolute Gasteiger partial charge is 0.230 e. The molecule has 1 saturated carbocycles. The lowest BCUT2D eigenvalue weighted by molar-refractivity contribution is -0.135. The highest BCUT2D eigenvalue weighted by Gasteiger charge is 2.44. The van der Waals surface area contributed by atoms with Crippen LogP contribution in [0.15, 0.2) is 0 Å². The van der Waals surface area contributed by atoms with E-state index in [-0.39, 0.29) is 23.7 Å². The number of carbonyl (C=O) groups excluding carboxylic acids is 2. The lowest BCUT2D eigenvalue weighted by atomic mass is 9.77. The van der Waals surface area contributed by atoms with Gasteiger partial charge in [-0.1, -0.05) is 0 Å². The molecule has 0 aromatic carbocycles. The second-order valence-corrected chi connectivity index (χ2v) is 4.05. The van der Waals surface area contributed by atoms with Crippen molar-refractivity contribution in [2.24, 2.45) is 0 Å². The van der Waals surface area contributed by atoms with Gasteiger partial charge in [-0.25, -0.2) is 0 Å². The topological polar surface area (TPSA) is 37.4 Å². The predicted molar refractivity (Wildman–Crippen MR) is 43.6 cm³/mol. The van der Waals surface area contributed by atoms with Gasteiger partial charge in [0.15, 0.2) is 5.78 Å². The number of nitrogens with zero attached hydrogens (tertiary/aromatic N) is 1. The fourth-order valence-electron chi connectivity index (χ4n) is 2.03. The van der Waals surface area contributed by atoms with Gasteiger partial charge in [0.25, 0.3) is 0 Å². The molecule has 1 aliphatic heterocycles. The van der Waals surface area contributed by atoms with Crippen LogP contribution in [0, 0.1) is 0 Å². The summed E-state index contributed by atoms with van der Waals surface area (Å²) >= 11 is 0. The molecule has 2 fully saturated rings. The fourth-order valence-corrected chi connectivity index (χ4v) is 2.03. The predicted octanol–water partition coefficient (Wildman–Crippen LogP) is 0.730. The first-order valence-corrected chi connectivity index (χ1v) is 4.44. The van der Waals surface area contributed by atoms with Crippen molar-refractivity contribution in [3.05, 3.63) is 0 Å². The van der Waals surface area contributed by atoms with Crippen LogP contribution in [0.4, 0.5) is 0 Å². The van der Waals surface area contributed by atoms with Crippen molar-refractivity contribution in [1.29, 1.82) is 0 Å². The van der Waals surface area contributed by atoms with Crippen LogP contribution in [0.5, 0.6) is 0 Å². The van der Waals surface area contributed by atoms with E-state index in [1.807, 2.05) is 0 Å². The Labute approximate surface area is 71.7 Å². The second kappa shape index (κ2) is 2.31. The second-order valence-electron chi connectivity index (χ2n) is 4.05. The summed E-state index contributed by atoms with van der Waals surface area (Å²) in [6.45, 7) is 2.43. The van der Waals surface area contributed by atoms with Crippen molar-refractivity contribution < 1.29 is 9.59 Å². The number of hydrogen-bond acceptors (Lipinski definition) is 2. The first kappa shape index (κ1) is 7.77. The molecule has 1 amide bonds. The third kappa shape index (κ3) is 0.958. The number of hydrogen-bond donors (Lipinski definition) is 0. The zero-order chi connectivity index (χ0) is 8.77. The number of carbonyl (C=O) groups is 2. The van der Waals surface area contributed by atoms with Crippen LogP contribution < -0.4 is 0 Å².